The molecule has 1 aliphatic carbocycles. The zero-order chi connectivity index (χ0) is 24.8. The van der Waals surface area contributed by atoms with Crippen molar-refractivity contribution >= 4 is 23.7 Å². The van der Waals surface area contributed by atoms with Crippen LogP contribution in [0, 0.1) is 0 Å². The van der Waals surface area contributed by atoms with Crippen molar-refractivity contribution < 1.29 is 24.2 Å². The molecule has 0 aliphatic heterocycles. The van der Waals surface area contributed by atoms with Gasteiger partial charge in [0.05, 0.1) is 6.42 Å². The Bertz CT molecular complexity index is 1190. The van der Waals surface area contributed by atoms with Crippen molar-refractivity contribution in [2.24, 2.45) is 0 Å². The number of anilines is 1. The molecule has 7 nitrogen and oxygen atoms in total. The lowest BCUT2D eigenvalue weighted by molar-refractivity contribution is -0.137. The van der Waals surface area contributed by atoms with Crippen LogP contribution in [0.25, 0.3) is 11.1 Å². The molecule has 0 bridgehead atoms. The predicted molar refractivity (Wildman–Crippen MR) is 134 cm³/mol. The number of nitrogens with one attached hydrogen (secondary N) is 1. The molecule has 180 valence electrons. The van der Waals surface area contributed by atoms with Gasteiger partial charge in [-0.3, -0.25) is 14.9 Å². The molecule has 2 N–H and O–H groups in total. The summed E-state index contributed by atoms with van der Waals surface area (Å²) in [7, 11) is 0. The van der Waals surface area contributed by atoms with Crippen LogP contribution in [0.3, 0.4) is 0 Å². The molecule has 1 aliphatic rings. The van der Waals surface area contributed by atoms with Gasteiger partial charge in [0.25, 0.3) is 5.91 Å². The van der Waals surface area contributed by atoms with Crippen molar-refractivity contribution in [3.8, 4) is 11.1 Å². The number of aliphatic carboxylic acids is 1. The van der Waals surface area contributed by atoms with Crippen LogP contribution in [-0.4, -0.2) is 47.7 Å². The van der Waals surface area contributed by atoms with Crippen LogP contribution in [0.5, 0.6) is 0 Å². The highest BCUT2D eigenvalue weighted by Gasteiger charge is 2.29. The van der Waals surface area contributed by atoms with E-state index >= 15 is 0 Å². The SMILES string of the molecule is CCCN(CCC(=O)O)C(=O)c1cccc(NC(=O)OCC2c3ccccc3-c3ccccc32)c1. The van der Waals surface area contributed by atoms with Crippen molar-refractivity contribution in [1.82, 2.24) is 4.90 Å². The summed E-state index contributed by atoms with van der Waals surface area (Å²) < 4.78 is 5.58. The first-order chi connectivity index (χ1) is 17.0. The minimum atomic E-state index is -0.954. The zero-order valence-electron chi connectivity index (χ0n) is 19.6. The molecule has 7 heteroatoms. The number of ether oxygens (including phenoxy) is 1. The van der Waals surface area contributed by atoms with E-state index in [4.69, 9.17) is 9.84 Å². The molecule has 0 atom stereocenters. The van der Waals surface area contributed by atoms with Gasteiger partial charge in [-0.1, -0.05) is 61.5 Å². The quantitative estimate of drug-likeness (QED) is 0.436. The summed E-state index contributed by atoms with van der Waals surface area (Å²) >= 11 is 0. The van der Waals surface area contributed by atoms with E-state index in [1.54, 1.807) is 24.3 Å². The first-order valence-corrected chi connectivity index (χ1v) is 11.7. The highest BCUT2D eigenvalue weighted by atomic mass is 16.5. The smallest absolute Gasteiger partial charge is 0.411 e. The number of rotatable bonds is 9. The zero-order valence-corrected chi connectivity index (χ0v) is 19.6. The van der Waals surface area contributed by atoms with Gasteiger partial charge in [0.1, 0.15) is 6.61 Å². The number of nitrogens with zero attached hydrogens (tertiary/aromatic N) is 1. The fourth-order valence-electron chi connectivity index (χ4n) is 4.48. The minimum Gasteiger partial charge on any atom is -0.481 e. The molecule has 3 aromatic carbocycles. The van der Waals surface area contributed by atoms with E-state index in [1.165, 1.54) is 4.90 Å². The van der Waals surface area contributed by atoms with Crippen molar-refractivity contribution in [3.63, 3.8) is 0 Å². The lowest BCUT2D eigenvalue weighted by Crippen LogP contribution is -2.33. The summed E-state index contributed by atoms with van der Waals surface area (Å²) in [4.78, 5) is 38.0. The Morgan fingerprint density at radius 2 is 1.57 bits per heavy atom. The normalized spacial score (nSPS) is 11.9. The van der Waals surface area contributed by atoms with Crippen molar-refractivity contribution in [2.45, 2.75) is 25.7 Å². The third kappa shape index (κ3) is 5.51. The number of carbonyl (C=O) groups excluding carboxylic acids is 2. The van der Waals surface area contributed by atoms with Gasteiger partial charge < -0.3 is 14.7 Å². The van der Waals surface area contributed by atoms with Crippen LogP contribution in [0.15, 0.2) is 72.8 Å². The van der Waals surface area contributed by atoms with E-state index in [1.807, 2.05) is 31.2 Å². The first kappa shape index (κ1) is 24.0. The van der Waals surface area contributed by atoms with Gasteiger partial charge in [0.2, 0.25) is 0 Å². The van der Waals surface area contributed by atoms with E-state index in [9.17, 15) is 14.4 Å². The summed E-state index contributed by atoms with van der Waals surface area (Å²) in [6.45, 7) is 2.70. The standard InChI is InChI=1S/C28H28N2O5/c1-2-15-30(16-14-26(31)32)27(33)19-8-7-9-20(17-19)29-28(34)35-18-25-23-12-5-3-10-21(23)22-11-4-6-13-24(22)25/h3-13,17,25H,2,14-16,18H2,1H3,(H,29,34)(H,31,32). The Kier molecular flexibility index (Phi) is 7.45. The van der Waals surface area contributed by atoms with Gasteiger partial charge in [0.15, 0.2) is 0 Å². The number of hydrogen-bond acceptors (Lipinski definition) is 4. The number of amides is 2. The van der Waals surface area contributed by atoms with Crippen LogP contribution in [0.1, 0.15) is 47.2 Å². The summed E-state index contributed by atoms with van der Waals surface area (Å²) in [6, 6.07) is 22.8. The predicted octanol–water partition coefficient (Wildman–Crippen LogP) is 5.37. The van der Waals surface area contributed by atoms with Gasteiger partial charge >= 0.3 is 12.1 Å². The average molecular weight is 473 g/mol. The Balaban J connectivity index is 1.41. The Hall–Kier alpha value is -4.13. The number of carboxylic acid groups (broad SMARTS) is 1. The average Bonchev–Trinajstić information content (AvgIpc) is 3.18. The Morgan fingerprint density at radius 1 is 0.914 bits per heavy atom. The van der Waals surface area contributed by atoms with E-state index in [0.717, 1.165) is 22.3 Å². The van der Waals surface area contributed by atoms with Gasteiger partial charge in [-0.15, -0.1) is 0 Å². The molecule has 0 fully saturated rings. The summed E-state index contributed by atoms with van der Waals surface area (Å²) in [5.41, 5.74) is 5.38. The number of carbonyl (C=O) groups is 3. The minimum absolute atomic E-state index is 0.0436. The maximum absolute atomic E-state index is 12.9. The number of fused-ring (bicyclic) bond motifs is 3. The molecule has 4 rings (SSSR count). The molecule has 3 aromatic rings. The van der Waals surface area contributed by atoms with Crippen molar-refractivity contribution in [2.75, 3.05) is 25.0 Å². The number of benzene rings is 3. The molecule has 0 saturated heterocycles. The van der Waals surface area contributed by atoms with Crippen LogP contribution < -0.4 is 5.32 Å². The van der Waals surface area contributed by atoms with E-state index in [0.29, 0.717) is 24.2 Å². The second-order valence-electron chi connectivity index (χ2n) is 8.47. The van der Waals surface area contributed by atoms with Crippen LogP contribution in [0.2, 0.25) is 0 Å². The lowest BCUT2D eigenvalue weighted by Gasteiger charge is -2.21. The summed E-state index contributed by atoms with van der Waals surface area (Å²) in [5.74, 6) is -1.27. The fourth-order valence-corrected chi connectivity index (χ4v) is 4.48. The van der Waals surface area contributed by atoms with Gasteiger partial charge in [-0.2, -0.15) is 0 Å². The molecule has 0 unspecified atom stereocenters. The largest absolute Gasteiger partial charge is 0.481 e. The Labute approximate surface area is 204 Å². The third-order valence-electron chi connectivity index (χ3n) is 6.08. The van der Waals surface area contributed by atoms with Crippen molar-refractivity contribution in [3.05, 3.63) is 89.5 Å². The highest BCUT2D eigenvalue weighted by molar-refractivity contribution is 5.96. The first-order valence-electron chi connectivity index (χ1n) is 11.7. The monoisotopic (exact) mass is 472 g/mol. The second-order valence-corrected chi connectivity index (χ2v) is 8.47. The maximum atomic E-state index is 12.9. The molecular formula is C28H28N2O5. The lowest BCUT2D eigenvalue weighted by atomic mass is 9.98. The molecule has 0 heterocycles. The van der Waals surface area contributed by atoms with Gasteiger partial charge in [-0.25, -0.2) is 4.79 Å². The third-order valence-corrected chi connectivity index (χ3v) is 6.08. The molecule has 0 radical (unpaired) electrons. The number of hydrogen-bond donors (Lipinski definition) is 2. The van der Waals surface area contributed by atoms with Gasteiger partial charge in [-0.05, 0) is 46.9 Å². The van der Waals surface area contributed by atoms with Crippen LogP contribution >= 0.6 is 0 Å². The molecule has 35 heavy (non-hydrogen) atoms. The maximum Gasteiger partial charge on any atom is 0.411 e. The molecule has 0 aromatic heterocycles. The number of carboxylic acids is 1. The topological polar surface area (TPSA) is 95.9 Å². The molecule has 0 spiro atoms. The summed E-state index contributed by atoms with van der Waals surface area (Å²) in [5, 5.41) is 11.7. The van der Waals surface area contributed by atoms with Crippen LogP contribution in [-0.2, 0) is 9.53 Å². The summed E-state index contributed by atoms with van der Waals surface area (Å²) in [6.07, 6.45) is -0.0142. The second kappa shape index (κ2) is 10.9. The van der Waals surface area contributed by atoms with E-state index < -0.39 is 12.1 Å². The highest BCUT2D eigenvalue weighted by Crippen LogP contribution is 2.44. The van der Waals surface area contributed by atoms with E-state index in [2.05, 4.69) is 29.6 Å². The molecular weight excluding hydrogens is 444 g/mol. The fraction of sp³-hybridized carbons (Fsp3) is 0.250. The van der Waals surface area contributed by atoms with E-state index in [-0.39, 0.29) is 31.4 Å². The Morgan fingerprint density at radius 3 is 2.20 bits per heavy atom. The molecule has 2 amide bonds. The van der Waals surface area contributed by atoms with Crippen molar-refractivity contribution in [1.29, 1.82) is 0 Å². The molecule has 0 saturated carbocycles. The van der Waals surface area contributed by atoms with Gasteiger partial charge in [0, 0.05) is 30.3 Å². The van der Waals surface area contributed by atoms with Crippen LogP contribution in [0.4, 0.5) is 10.5 Å².